The Morgan fingerprint density at radius 3 is 2.47 bits per heavy atom. The minimum absolute atomic E-state index is 0.284. The van der Waals surface area contributed by atoms with Crippen LogP contribution in [0.2, 0.25) is 5.02 Å². The third-order valence-corrected chi connectivity index (χ3v) is 5.17. The van der Waals surface area contributed by atoms with Crippen LogP contribution in [0.5, 0.6) is 0 Å². The smallest absolute Gasteiger partial charge is 0.343 e. The van der Waals surface area contributed by atoms with Gasteiger partial charge in [-0.25, -0.2) is 14.3 Å². The SMILES string of the molecule is CCOC(=O)c1cnn2c(-c3ccc(N(C)C)cc3)c(-c3ccccc3Cl)cnc12. The first-order valence-electron chi connectivity index (χ1n) is 9.57. The van der Waals surface area contributed by atoms with Crippen LogP contribution in [0.15, 0.2) is 60.9 Å². The summed E-state index contributed by atoms with van der Waals surface area (Å²) in [6.07, 6.45) is 3.23. The maximum Gasteiger partial charge on any atom is 0.343 e. The molecule has 0 aliphatic rings. The summed E-state index contributed by atoms with van der Waals surface area (Å²) in [6.45, 7) is 2.05. The summed E-state index contributed by atoms with van der Waals surface area (Å²) in [6, 6.07) is 15.7. The fourth-order valence-corrected chi connectivity index (χ4v) is 3.59. The molecule has 6 nitrogen and oxygen atoms in total. The maximum atomic E-state index is 12.4. The molecule has 0 spiro atoms. The zero-order chi connectivity index (χ0) is 21.3. The molecule has 0 unspecified atom stereocenters. The number of carbonyl (C=O) groups is 1. The summed E-state index contributed by atoms with van der Waals surface area (Å²) in [5.74, 6) is -0.445. The standard InChI is InChI=1S/C23H21ClN4O2/c1-4-30-23(29)19-14-26-28-21(15-9-11-16(12-10-15)27(2)3)18(13-25-22(19)28)17-7-5-6-8-20(17)24/h5-14H,4H2,1-3H3. The molecular formula is C23H21ClN4O2. The number of ether oxygens (including phenoxy) is 1. The van der Waals surface area contributed by atoms with Crippen molar-refractivity contribution in [3.63, 3.8) is 0 Å². The van der Waals surface area contributed by atoms with E-state index in [1.54, 1.807) is 17.6 Å². The number of anilines is 1. The summed E-state index contributed by atoms with van der Waals surface area (Å²) in [4.78, 5) is 18.9. The normalized spacial score (nSPS) is 10.9. The fraction of sp³-hybridized carbons (Fsp3) is 0.174. The molecule has 0 aliphatic carbocycles. The van der Waals surface area contributed by atoms with E-state index in [1.807, 2.05) is 67.5 Å². The molecule has 0 atom stereocenters. The van der Waals surface area contributed by atoms with Crippen molar-refractivity contribution in [3.05, 3.63) is 71.5 Å². The average Bonchev–Trinajstić information content (AvgIpc) is 3.18. The highest BCUT2D eigenvalue weighted by Gasteiger charge is 2.21. The molecule has 0 saturated carbocycles. The van der Waals surface area contributed by atoms with Gasteiger partial charge in [0.1, 0.15) is 5.56 Å². The Morgan fingerprint density at radius 2 is 1.80 bits per heavy atom. The van der Waals surface area contributed by atoms with Crippen molar-refractivity contribution in [1.29, 1.82) is 0 Å². The summed E-state index contributed by atoms with van der Waals surface area (Å²) >= 11 is 6.49. The third kappa shape index (κ3) is 3.50. The molecule has 2 aromatic heterocycles. The Balaban J connectivity index is 1.99. The molecule has 0 fully saturated rings. The van der Waals surface area contributed by atoms with Gasteiger partial charge in [-0.3, -0.25) is 0 Å². The Kier molecular flexibility index (Phi) is 5.42. The van der Waals surface area contributed by atoms with Gasteiger partial charge in [-0.05, 0) is 25.1 Å². The topological polar surface area (TPSA) is 59.7 Å². The van der Waals surface area contributed by atoms with Crippen LogP contribution >= 0.6 is 11.6 Å². The van der Waals surface area contributed by atoms with Crippen molar-refractivity contribution in [3.8, 4) is 22.4 Å². The van der Waals surface area contributed by atoms with Gasteiger partial charge in [0.25, 0.3) is 0 Å². The quantitative estimate of drug-likeness (QED) is 0.427. The first-order valence-corrected chi connectivity index (χ1v) is 9.95. The number of benzene rings is 2. The highest BCUT2D eigenvalue weighted by Crippen LogP contribution is 2.36. The summed E-state index contributed by atoms with van der Waals surface area (Å²) in [5, 5.41) is 5.09. The van der Waals surface area contributed by atoms with Gasteiger partial charge in [0.15, 0.2) is 5.65 Å². The number of nitrogens with zero attached hydrogens (tertiary/aromatic N) is 4. The highest BCUT2D eigenvalue weighted by molar-refractivity contribution is 6.33. The zero-order valence-corrected chi connectivity index (χ0v) is 17.7. The molecule has 7 heteroatoms. The van der Waals surface area contributed by atoms with Gasteiger partial charge in [-0.2, -0.15) is 5.10 Å². The van der Waals surface area contributed by atoms with Crippen molar-refractivity contribution in [1.82, 2.24) is 14.6 Å². The first-order chi connectivity index (χ1) is 14.5. The molecular weight excluding hydrogens is 400 g/mol. The van der Waals surface area contributed by atoms with Crippen LogP contribution in [0.4, 0.5) is 5.69 Å². The summed E-state index contributed by atoms with van der Waals surface area (Å²) < 4.78 is 6.83. The van der Waals surface area contributed by atoms with Gasteiger partial charge in [0, 0.05) is 47.7 Å². The van der Waals surface area contributed by atoms with Crippen LogP contribution in [0.1, 0.15) is 17.3 Å². The fourth-order valence-electron chi connectivity index (χ4n) is 3.36. The lowest BCUT2D eigenvalue weighted by molar-refractivity contribution is 0.0528. The predicted molar refractivity (Wildman–Crippen MR) is 119 cm³/mol. The molecule has 2 aromatic carbocycles. The number of hydrogen-bond donors (Lipinski definition) is 0. The van der Waals surface area contributed by atoms with Gasteiger partial charge < -0.3 is 9.64 Å². The van der Waals surface area contributed by atoms with E-state index in [-0.39, 0.29) is 6.61 Å². The monoisotopic (exact) mass is 420 g/mol. The lowest BCUT2D eigenvalue weighted by Crippen LogP contribution is -2.08. The highest BCUT2D eigenvalue weighted by atomic mass is 35.5. The Morgan fingerprint density at radius 1 is 1.07 bits per heavy atom. The van der Waals surface area contributed by atoms with E-state index in [1.165, 1.54) is 6.20 Å². The largest absolute Gasteiger partial charge is 0.462 e. The van der Waals surface area contributed by atoms with E-state index in [0.717, 1.165) is 28.1 Å². The number of halogens is 1. The van der Waals surface area contributed by atoms with Crippen molar-refractivity contribution in [2.24, 2.45) is 0 Å². The van der Waals surface area contributed by atoms with Crippen molar-refractivity contribution in [2.45, 2.75) is 6.92 Å². The second-order valence-corrected chi connectivity index (χ2v) is 7.36. The van der Waals surface area contributed by atoms with Crippen molar-refractivity contribution >= 4 is 28.9 Å². The van der Waals surface area contributed by atoms with Gasteiger partial charge in [-0.15, -0.1) is 0 Å². The molecule has 30 heavy (non-hydrogen) atoms. The van der Waals surface area contributed by atoms with Crippen LogP contribution in [0.25, 0.3) is 28.0 Å². The number of carbonyl (C=O) groups excluding carboxylic acids is 1. The molecule has 0 bridgehead atoms. The number of aromatic nitrogens is 3. The molecule has 152 valence electrons. The Bertz CT molecular complexity index is 1220. The minimum atomic E-state index is -0.445. The Labute approximate surface area is 179 Å². The van der Waals surface area contributed by atoms with Crippen LogP contribution in [-0.4, -0.2) is 41.3 Å². The van der Waals surface area contributed by atoms with Crippen LogP contribution in [0.3, 0.4) is 0 Å². The molecule has 0 saturated heterocycles. The van der Waals surface area contributed by atoms with E-state index in [9.17, 15) is 4.79 Å². The van der Waals surface area contributed by atoms with Gasteiger partial charge >= 0.3 is 5.97 Å². The molecule has 4 aromatic rings. The molecule has 0 aliphatic heterocycles. The first kappa shape index (κ1) is 19.9. The average molecular weight is 421 g/mol. The number of fused-ring (bicyclic) bond motifs is 1. The van der Waals surface area contributed by atoms with Crippen LogP contribution in [0, 0.1) is 0 Å². The van der Waals surface area contributed by atoms with Crippen LogP contribution in [-0.2, 0) is 4.74 Å². The van der Waals surface area contributed by atoms with Gasteiger partial charge in [-0.1, -0.05) is 41.9 Å². The number of rotatable bonds is 5. The molecule has 4 rings (SSSR count). The summed E-state index contributed by atoms with van der Waals surface area (Å²) in [7, 11) is 3.99. The molecule has 2 heterocycles. The molecule has 0 amide bonds. The lowest BCUT2D eigenvalue weighted by atomic mass is 10.00. The Hall–Kier alpha value is -3.38. The lowest BCUT2D eigenvalue weighted by Gasteiger charge is -2.16. The van der Waals surface area contributed by atoms with Crippen molar-refractivity contribution in [2.75, 3.05) is 25.6 Å². The third-order valence-electron chi connectivity index (χ3n) is 4.84. The second kappa shape index (κ2) is 8.16. The minimum Gasteiger partial charge on any atom is -0.462 e. The van der Waals surface area contributed by atoms with Gasteiger partial charge in [0.05, 0.1) is 18.5 Å². The van der Waals surface area contributed by atoms with E-state index in [0.29, 0.717) is 16.2 Å². The number of hydrogen-bond acceptors (Lipinski definition) is 5. The predicted octanol–water partition coefficient (Wildman–Crippen LogP) is 4.96. The second-order valence-electron chi connectivity index (χ2n) is 6.96. The number of esters is 1. The zero-order valence-electron chi connectivity index (χ0n) is 17.0. The van der Waals surface area contributed by atoms with E-state index >= 15 is 0 Å². The van der Waals surface area contributed by atoms with E-state index in [4.69, 9.17) is 16.3 Å². The molecule has 0 radical (unpaired) electrons. The maximum absolute atomic E-state index is 12.4. The summed E-state index contributed by atoms with van der Waals surface area (Å²) in [5.41, 5.74) is 5.24. The van der Waals surface area contributed by atoms with Gasteiger partial charge in [0.2, 0.25) is 0 Å². The van der Waals surface area contributed by atoms with Crippen molar-refractivity contribution < 1.29 is 9.53 Å². The van der Waals surface area contributed by atoms with Crippen LogP contribution < -0.4 is 4.90 Å². The van der Waals surface area contributed by atoms with E-state index in [2.05, 4.69) is 10.1 Å². The molecule has 0 N–H and O–H groups in total. The van der Waals surface area contributed by atoms with E-state index < -0.39 is 5.97 Å².